The van der Waals surface area contributed by atoms with Crippen molar-refractivity contribution in [1.82, 2.24) is 5.43 Å². The molecule has 1 aromatic heterocycles. The van der Waals surface area contributed by atoms with Gasteiger partial charge in [-0.2, -0.15) is 5.10 Å². The highest BCUT2D eigenvalue weighted by Gasteiger charge is 1.94. The second kappa shape index (κ2) is 3.87. The summed E-state index contributed by atoms with van der Waals surface area (Å²) in [6.45, 7) is 1.98. The Hall–Kier alpha value is -1.36. The molecule has 0 aliphatic heterocycles. The number of nitrogens with zero attached hydrogens (tertiary/aromatic N) is 1. The Morgan fingerprint density at radius 1 is 1.83 bits per heavy atom. The lowest BCUT2D eigenvalue weighted by Crippen LogP contribution is -2.24. The number of hydrogen-bond acceptors (Lipinski definition) is 3. The summed E-state index contributed by atoms with van der Waals surface area (Å²) in [6.07, 6.45) is 1.57. The van der Waals surface area contributed by atoms with Crippen molar-refractivity contribution in [2.75, 3.05) is 0 Å². The third-order valence-corrected chi connectivity index (χ3v) is 2.14. The van der Waals surface area contributed by atoms with E-state index in [1.54, 1.807) is 17.6 Å². The number of rotatable bonds is 2. The van der Waals surface area contributed by atoms with E-state index in [0.29, 0.717) is 0 Å². The molecule has 0 aliphatic carbocycles. The van der Waals surface area contributed by atoms with Gasteiger partial charge < -0.3 is 5.73 Å². The topological polar surface area (TPSA) is 67.5 Å². The molecule has 5 heteroatoms. The molecule has 64 valence electrons. The summed E-state index contributed by atoms with van der Waals surface area (Å²) in [7, 11) is 0. The average Bonchev–Trinajstić information content (AvgIpc) is 2.36. The molecule has 0 fully saturated rings. The predicted octanol–water partition coefficient (Wildman–Crippen LogP) is 1.06. The molecule has 0 aromatic carbocycles. The van der Waals surface area contributed by atoms with Gasteiger partial charge in [-0.05, 0) is 18.4 Å². The van der Waals surface area contributed by atoms with Crippen LogP contribution in [-0.2, 0) is 0 Å². The van der Waals surface area contributed by atoms with Crippen LogP contribution >= 0.6 is 11.3 Å². The minimum absolute atomic E-state index is 0.654. The number of hydrogen-bond donors (Lipinski definition) is 2. The highest BCUT2D eigenvalue weighted by molar-refractivity contribution is 7.10. The molecule has 1 aromatic rings. The molecule has 0 spiro atoms. The molecule has 0 bridgehead atoms. The fourth-order valence-electron chi connectivity index (χ4n) is 0.694. The van der Waals surface area contributed by atoms with Crippen molar-refractivity contribution in [2.45, 2.75) is 6.92 Å². The first-order chi connectivity index (χ1) is 5.70. The summed E-state index contributed by atoms with van der Waals surface area (Å²) >= 11 is 1.63. The zero-order chi connectivity index (χ0) is 8.97. The quantitative estimate of drug-likeness (QED) is 0.522. The summed E-state index contributed by atoms with van der Waals surface area (Å²) in [5, 5.41) is 5.59. The number of urea groups is 1. The minimum Gasteiger partial charge on any atom is -0.350 e. The van der Waals surface area contributed by atoms with E-state index >= 15 is 0 Å². The monoisotopic (exact) mass is 183 g/mol. The minimum atomic E-state index is -0.654. The normalized spacial score (nSPS) is 10.4. The molecule has 1 rings (SSSR count). The molecule has 0 saturated carbocycles. The van der Waals surface area contributed by atoms with Crippen LogP contribution in [-0.4, -0.2) is 12.2 Å². The van der Waals surface area contributed by atoms with Gasteiger partial charge in [-0.25, -0.2) is 10.2 Å². The van der Waals surface area contributed by atoms with E-state index in [2.05, 4.69) is 10.5 Å². The fraction of sp³-hybridized carbons (Fsp3) is 0.143. The number of carbonyl (C=O) groups is 1. The first-order valence-corrected chi connectivity index (χ1v) is 4.20. The Morgan fingerprint density at radius 3 is 3.08 bits per heavy atom. The lowest BCUT2D eigenvalue weighted by atomic mass is 10.3. The van der Waals surface area contributed by atoms with Crippen LogP contribution in [0.1, 0.15) is 10.4 Å². The van der Waals surface area contributed by atoms with Crippen LogP contribution in [0.3, 0.4) is 0 Å². The molecule has 12 heavy (non-hydrogen) atoms. The van der Waals surface area contributed by atoms with Gasteiger partial charge in [0.05, 0.1) is 6.21 Å². The number of aryl methyl sites for hydroxylation is 1. The molecule has 0 saturated heterocycles. The maximum atomic E-state index is 10.2. The van der Waals surface area contributed by atoms with Crippen molar-refractivity contribution in [3.63, 3.8) is 0 Å². The van der Waals surface area contributed by atoms with E-state index in [4.69, 9.17) is 5.73 Å². The van der Waals surface area contributed by atoms with Gasteiger partial charge in [-0.3, -0.25) is 0 Å². The van der Waals surface area contributed by atoms with E-state index in [9.17, 15) is 4.79 Å². The number of nitrogens with one attached hydrogen (secondary N) is 1. The number of carbonyl (C=O) groups excluding carboxylic acids is 1. The molecule has 0 unspecified atom stereocenters. The van der Waals surface area contributed by atoms with Crippen LogP contribution in [0, 0.1) is 6.92 Å². The van der Waals surface area contributed by atoms with Crippen molar-refractivity contribution in [3.8, 4) is 0 Å². The Bertz CT molecular complexity index is 305. The summed E-state index contributed by atoms with van der Waals surface area (Å²) in [4.78, 5) is 11.4. The Morgan fingerprint density at radius 2 is 2.58 bits per heavy atom. The van der Waals surface area contributed by atoms with Gasteiger partial charge in [-0.1, -0.05) is 0 Å². The van der Waals surface area contributed by atoms with Gasteiger partial charge >= 0.3 is 6.03 Å². The summed E-state index contributed by atoms with van der Waals surface area (Å²) in [5.74, 6) is 0. The van der Waals surface area contributed by atoms with Crippen LogP contribution in [0.4, 0.5) is 4.79 Å². The Balaban J connectivity index is 2.57. The molecule has 1 heterocycles. The molecule has 3 N–H and O–H groups in total. The highest BCUT2D eigenvalue weighted by atomic mass is 32.1. The number of thiophene rings is 1. The molecule has 2 amide bonds. The van der Waals surface area contributed by atoms with E-state index in [0.717, 1.165) is 10.4 Å². The van der Waals surface area contributed by atoms with E-state index < -0.39 is 6.03 Å². The van der Waals surface area contributed by atoms with Gasteiger partial charge in [0, 0.05) is 10.4 Å². The molecule has 0 radical (unpaired) electrons. The zero-order valence-corrected chi connectivity index (χ0v) is 7.39. The molecule has 0 aliphatic rings. The highest BCUT2D eigenvalue weighted by Crippen LogP contribution is 2.11. The number of primary amides is 1. The third-order valence-electron chi connectivity index (χ3n) is 1.28. The smallest absolute Gasteiger partial charge is 0.332 e. The predicted molar refractivity (Wildman–Crippen MR) is 49.4 cm³/mol. The first kappa shape index (κ1) is 8.73. The summed E-state index contributed by atoms with van der Waals surface area (Å²) in [5.41, 5.74) is 7.93. The molecule has 4 nitrogen and oxygen atoms in total. The van der Waals surface area contributed by atoms with Gasteiger partial charge in [0.2, 0.25) is 0 Å². The summed E-state index contributed by atoms with van der Waals surface area (Å²) in [6, 6.07) is 1.27. The van der Waals surface area contributed by atoms with E-state index in [1.165, 1.54) is 0 Å². The summed E-state index contributed by atoms with van der Waals surface area (Å²) < 4.78 is 0. The average molecular weight is 183 g/mol. The van der Waals surface area contributed by atoms with Gasteiger partial charge in [-0.15, -0.1) is 11.3 Å². The third kappa shape index (κ3) is 2.35. The van der Waals surface area contributed by atoms with E-state index in [1.807, 2.05) is 18.4 Å². The first-order valence-electron chi connectivity index (χ1n) is 3.33. The van der Waals surface area contributed by atoms with Crippen LogP contribution in [0.2, 0.25) is 0 Å². The van der Waals surface area contributed by atoms with Crippen molar-refractivity contribution >= 4 is 23.6 Å². The van der Waals surface area contributed by atoms with Crippen molar-refractivity contribution in [2.24, 2.45) is 10.8 Å². The van der Waals surface area contributed by atoms with Gasteiger partial charge in [0.25, 0.3) is 0 Å². The van der Waals surface area contributed by atoms with Crippen LogP contribution < -0.4 is 11.2 Å². The fourth-order valence-corrected chi connectivity index (χ4v) is 1.37. The zero-order valence-electron chi connectivity index (χ0n) is 6.57. The van der Waals surface area contributed by atoms with Crippen molar-refractivity contribution in [3.05, 3.63) is 21.9 Å². The molecular weight excluding hydrogens is 174 g/mol. The Labute approximate surface area is 74.1 Å². The van der Waals surface area contributed by atoms with Crippen LogP contribution in [0.5, 0.6) is 0 Å². The lowest BCUT2D eigenvalue weighted by Gasteiger charge is -1.90. The number of hydrazone groups is 1. The van der Waals surface area contributed by atoms with E-state index in [-0.39, 0.29) is 0 Å². The standard InChI is InChI=1S/C7H9N3OS/c1-5-6(2-3-12-5)4-9-10-7(8)11/h2-4H,1H3,(H3,8,10,11)/b9-4+. The van der Waals surface area contributed by atoms with Crippen LogP contribution in [0.25, 0.3) is 0 Å². The Kier molecular flexibility index (Phi) is 2.82. The SMILES string of the molecule is Cc1sccc1/C=N/NC(N)=O. The maximum Gasteiger partial charge on any atom is 0.332 e. The largest absolute Gasteiger partial charge is 0.350 e. The van der Waals surface area contributed by atoms with Crippen molar-refractivity contribution < 1.29 is 4.79 Å². The second-order valence-electron chi connectivity index (χ2n) is 2.17. The van der Waals surface area contributed by atoms with Crippen LogP contribution in [0.15, 0.2) is 16.5 Å². The maximum absolute atomic E-state index is 10.2. The lowest BCUT2D eigenvalue weighted by molar-refractivity contribution is 0.249. The number of amides is 2. The van der Waals surface area contributed by atoms with Gasteiger partial charge in [0.15, 0.2) is 0 Å². The molecule has 0 atom stereocenters. The number of nitrogens with two attached hydrogens (primary N) is 1. The molecular formula is C7H9N3OS. The van der Waals surface area contributed by atoms with Gasteiger partial charge in [0.1, 0.15) is 0 Å². The van der Waals surface area contributed by atoms with Crippen molar-refractivity contribution in [1.29, 1.82) is 0 Å². The second-order valence-corrected chi connectivity index (χ2v) is 3.29.